The van der Waals surface area contributed by atoms with Gasteiger partial charge in [0.2, 0.25) is 5.28 Å². The average Bonchev–Trinajstić information content (AvgIpc) is 2.46. The summed E-state index contributed by atoms with van der Waals surface area (Å²) < 4.78 is 5.09. The maximum Gasteiger partial charge on any atom is 0.224 e. The minimum atomic E-state index is -0.137. The van der Waals surface area contributed by atoms with E-state index in [1.807, 2.05) is 24.3 Å². The van der Waals surface area contributed by atoms with E-state index in [0.717, 1.165) is 11.3 Å². The van der Waals surface area contributed by atoms with Gasteiger partial charge in [-0.3, -0.25) is 0 Å². The summed E-state index contributed by atoms with van der Waals surface area (Å²) in [5, 5.41) is 12.5. The normalized spacial score (nSPS) is 10.3. The summed E-state index contributed by atoms with van der Waals surface area (Å²) >= 11 is 5.73. The lowest BCUT2D eigenvalue weighted by atomic mass is 10.2. The van der Waals surface area contributed by atoms with Crippen molar-refractivity contribution >= 4 is 17.4 Å². The van der Waals surface area contributed by atoms with Gasteiger partial charge in [-0.1, -0.05) is 12.1 Å². The minimum absolute atomic E-state index is 0.137. The zero-order chi connectivity index (χ0) is 13.7. The molecule has 5 nitrogen and oxygen atoms in total. The van der Waals surface area contributed by atoms with Crippen LogP contribution in [0.3, 0.4) is 0 Å². The van der Waals surface area contributed by atoms with Gasteiger partial charge in [-0.25, -0.2) is 9.97 Å². The van der Waals surface area contributed by atoms with E-state index in [4.69, 9.17) is 16.3 Å². The number of methoxy groups -OCH3 is 1. The van der Waals surface area contributed by atoms with Gasteiger partial charge in [-0.2, -0.15) is 0 Å². The molecule has 0 radical (unpaired) electrons. The predicted octanol–water partition coefficient (Wildman–Crippen LogP) is 2.24. The molecule has 0 fully saturated rings. The number of benzene rings is 1. The van der Waals surface area contributed by atoms with Crippen LogP contribution in [0.1, 0.15) is 11.1 Å². The third kappa shape index (κ3) is 3.56. The number of ether oxygens (including phenoxy) is 1. The zero-order valence-corrected chi connectivity index (χ0v) is 11.2. The Kier molecular flexibility index (Phi) is 4.54. The van der Waals surface area contributed by atoms with Crippen LogP contribution in [0, 0.1) is 0 Å². The third-order valence-corrected chi connectivity index (χ3v) is 2.81. The van der Waals surface area contributed by atoms with Crippen molar-refractivity contribution in [2.24, 2.45) is 0 Å². The van der Waals surface area contributed by atoms with Crippen LogP contribution in [-0.4, -0.2) is 22.2 Å². The SMILES string of the molecule is COc1ccc(CNc2nc(Cl)ncc2CO)cc1. The lowest BCUT2D eigenvalue weighted by Gasteiger charge is -2.09. The summed E-state index contributed by atoms with van der Waals surface area (Å²) in [6, 6.07) is 7.67. The van der Waals surface area contributed by atoms with Crippen molar-refractivity contribution in [3.05, 3.63) is 46.9 Å². The van der Waals surface area contributed by atoms with Gasteiger partial charge in [0, 0.05) is 18.3 Å². The quantitative estimate of drug-likeness (QED) is 0.822. The van der Waals surface area contributed by atoms with Crippen LogP contribution in [0.4, 0.5) is 5.82 Å². The molecule has 0 atom stereocenters. The highest BCUT2D eigenvalue weighted by atomic mass is 35.5. The first kappa shape index (κ1) is 13.6. The van der Waals surface area contributed by atoms with E-state index in [0.29, 0.717) is 17.9 Å². The first-order valence-corrected chi connectivity index (χ1v) is 6.10. The van der Waals surface area contributed by atoms with Crippen LogP contribution in [0.25, 0.3) is 0 Å². The third-order valence-electron chi connectivity index (χ3n) is 2.62. The maximum atomic E-state index is 9.20. The molecule has 2 aromatic rings. The number of nitrogens with zero attached hydrogens (tertiary/aromatic N) is 2. The van der Waals surface area contributed by atoms with Crippen LogP contribution in [-0.2, 0) is 13.2 Å². The van der Waals surface area contributed by atoms with Crippen molar-refractivity contribution in [1.29, 1.82) is 0 Å². The largest absolute Gasteiger partial charge is 0.497 e. The van der Waals surface area contributed by atoms with Crippen LogP contribution < -0.4 is 10.1 Å². The van der Waals surface area contributed by atoms with Gasteiger partial charge in [-0.05, 0) is 29.3 Å². The molecule has 2 rings (SSSR count). The zero-order valence-electron chi connectivity index (χ0n) is 10.4. The fourth-order valence-corrected chi connectivity index (χ4v) is 1.72. The van der Waals surface area contributed by atoms with Crippen molar-refractivity contribution in [2.45, 2.75) is 13.2 Å². The summed E-state index contributed by atoms with van der Waals surface area (Å²) in [6.45, 7) is 0.437. The highest BCUT2D eigenvalue weighted by Crippen LogP contribution is 2.16. The number of aliphatic hydroxyl groups is 1. The monoisotopic (exact) mass is 279 g/mol. The molecule has 19 heavy (non-hydrogen) atoms. The number of halogens is 1. The van der Waals surface area contributed by atoms with E-state index in [1.165, 1.54) is 6.20 Å². The first-order chi connectivity index (χ1) is 9.22. The Bertz CT molecular complexity index is 546. The van der Waals surface area contributed by atoms with E-state index < -0.39 is 0 Å². The standard InChI is InChI=1S/C13H14ClN3O2/c1-19-11-4-2-9(3-5-11)6-15-12-10(8-18)7-16-13(14)17-12/h2-5,7,18H,6,8H2,1H3,(H,15,16,17). The molecule has 2 N–H and O–H groups in total. The number of aromatic nitrogens is 2. The summed E-state index contributed by atoms with van der Waals surface area (Å²) in [5.74, 6) is 1.35. The Balaban J connectivity index is 2.07. The topological polar surface area (TPSA) is 67.3 Å². The van der Waals surface area contributed by atoms with Gasteiger partial charge in [0.15, 0.2) is 0 Å². The molecule has 0 spiro atoms. The summed E-state index contributed by atoms with van der Waals surface area (Å²) in [6.07, 6.45) is 1.51. The highest BCUT2D eigenvalue weighted by Gasteiger charge is 2.05. The number of hydrogen-bond acceptors (Lipinski definition) is 5. The molecule has 100 valence electrons. The highest BCUT2D eigenvalue weighted by molar-refractivity contribution is 6.28. The Morgan fingerprint density at radius 1 is 1.32 bits per heavy atom. The van der Waals surface area contributed by atoms with Gasteiger partial charge < -0.3 is 15.2 Å². The second kappa shape index (κ2) is 6.36. The molecule has 0 aliphatic carbocycles. The Morgan fingerprint density at radius 2 is 2.05 bits per heavy atom. The molecule has 6 heteroatoms. The van der Waals surface area contributed by atoms with Crippen LogP contribution in [0.2, 0.25) is 5.28 Å². The molecular weight excluding hydrogens is 266 g/mol. The molecule has 0 amide bonds. The molecule has 1 aromatic carbocycles. The molecule has 0 aliphatic heterocycles. The second-order valence-corrected chi connectivity index (χ2v) is 4.21. The Labute approximate surface area is 116 Å². The van der Waals surface area contributed by atoms with Crippen molar-refractivity contribution < 1.29 is 9.84 Å². The Hall–Kier alpha value is -1.85. The summed E-state index contributed by atoms with van der Waals surface area (Å²) in [5.41, 5.74) is 1.68. The number of rotatable bonds is 5. The smallest absolute Gasteiger partial charge is 0.224 e. The number of nitrogens with one attached hydrogen (secondary N) is 1. The van der Waals surface area contributed by atoms with Gasteiger partial charge in [0.05, 0.1) is 13.7 Å². The van der Waals surface area contributed by atoms with Gasteiger partial charge in [-0.15, -0.1) is 0 Å². The van der Waals surface area contributed by atoms with E-state index in [1.54, 1.807) is 7.11 Å². The first-order valence-electron chi connectivity index (χ1n) is 5.72. The lowest BCUT2D eigenvalue weighted by molar-refractivity contribution is 0.281. The number of hydrogen-bond donors (Lipinski definition) is 2. The van der Waals surface area contributed by atoms with E-state index in [-0.39, 0.29) is 11.9 Å². The summed E-state index contributed by atoms with van der Waals surface area (Å²) in [7, 11) is 1.63. The van der Waals surface area contributed by atoms with Crippen molar-refractivity contribution in [1.82, 2.24) is 9.97 Å². The molecule has 0 unspecified atom stereocenters. The fourth-order valence-electron chi connectivity index (χ4n) is 1.58. The van der Waals surface area contributed by atoms with Gasteiger partial charge in [0.1, 0.15) is 11.6 Å². The molecular formula is C13H14ClN3O2. The second-order valence-electron chi connectivity index (χ2n) is 3.87. The predicted molar refractivity (Wildman–Crippen MR) is 73.3 cm³/mol. The van der Waals surface area contributed by atoms with Crippen molar-refractivity contribution in [2.75, 3.05) is 12.4 Å². The molecule has 0 saturated carbocycles. The van der Waals surface area contributed by atoms with Crippen molar-refractivity contribution in [3.63, 3.8) is 0 Å². The average molecular weight is 280 g/mol. The molecule has 0 bridgehead atoms. The van der Waals surface area contributed by atoms with Gasteiger partial charge >= 0.3 is 0 Å². The van der Waals surface area contributed by atoms with Crippen LogP contribution >= 0.6 is 11.6 Å². The number of anilines is 1. The van der Waals surface area contributed by atoms with E-state index in [2.05, 4.69) is 15.3 Å². The maximum absolute atomic E-state index is 9.20. The fraction of sp³-hybridized carbons (Fsp3) is 0.231. The molecule has 1 heterocycles. The molecule has 1 aromatic heterocycles. The molecule has 0 saturated heterocycles. The molecule has 0 aliphatic rings. The van der Waals surface area contributed by atoms with E-state index >= 15 is 0 Å². The van der Waals surface area contributed by atoms with E-state index in [9.17, 15) is 5.11 Å². The van der Waals surface area contributed by atoms with Crippen LogP contribution in [0.5, 0.6) is 5.75 Å². The Morgan fingerprint density at radius 3 is 2.68 bits per heavy atom. The van der Waals surface area contributed by atoms with Crippen LogP contribution in [0.15, 0.2) is 30.5 Å². The minimum Gasteiger partial charge on any atom is -0.497 e. The lowest BCUT2D eigenvalue weighted by Crippen LogP contribution is -2.05. The van der Waals surface area contributed by atoms with Crippen molar-refractivity contribution in [3.8, 4) is 5.75 Å². The number of aliphatic hydroxyl groups excluding tert-OH is 1. The summed E-state index contributed by atoms with van der Waals surface area (Å²) in [4.78, 5) is 7.88. The van der Waals surface area contributed by atoms with Gasteiger partial charge in [0.25, 0.3) is 0 Å².